The largest absolute Gasteiger partial charge is 0.393 e. The minimum Gasteiger partial charge on any atom is -0.393 e. The maximum Gasteiger partial charge on any atom is 0.292 e. The van der Waals surface area contributed by atoms with Gasteiger partial charge in [0.2, 0.25) is 0 Å². The molecule has 0 spiro atoms. The molecular weight excluding hydrogens is 246 g/mol. The number of hydrogen-bond donors (Lipinski definition) is 1. The third-order valence-electron chi connectivity index (χ3n) is 3.16. The number of benzene rings is 1. The van der Waals surface area contributed by atoms with Crippen LogP contribution in [0.15, 0.2) is 18.2 Å². The first-order valence-electron chi connectivity index (χ1n) is 6.19. The van der Waals surface area contributed by atoms with Crippen molar-refractivity contribution in [1.82, 2.24) is 4.90 Å². The van der Waals surface area contributed by atoms with E-state index in [-0.39, 0.29) is 23.3 Å². The van der Waals surface area contributed by atoms with E-state index in [1.807, 2.05) is 6.92 Å². The summed E-state index contributed by atoms with van der Waals surface area (Å²) in [5.41, 5.74) is 5.78. The number of carbonyl (C=O) groups is 1. The quantitative estimate of drug-likeness (QED) is 0.503. The van der Waals surface area contributed by atoms with E-state index in [0.29, 0.717) is 5.56 Å². The molecule has 0 radical (unpaired) electrons. The van der Waals surface area contributed by atoms with Crippen LogP contribution in [-0.4, -0.2) is 28.8 Å². The Bertz CT molecular complexity index is 488. The van der Waals surface area contributed by atoms with Gasteiger partial charge in [-0.1, -0.05) is 13.3 Å². The second-order valence-corrected chi connectivity index (χ2v) is 4.58. The molecule has 1 aromatic carbocycles. The number of nitrogens with zero attached hydrogens (tertiary/aromatic N) is 2. The fourth-order valence-corrected chi connectivity index (χ4v) is 1.87. The number of anilines is 1. The molecule has 0 heterocycles. The van der Waals surface area contributed by atoms with Gasteiger partial charge in [0.1, 0.15) is 5.69 Å². The zero-order valence-electron chi connectivity index (χ0n) is 11.4. The average molecular weight is 265 g/mol. The lowest BCUT2D eigenvalue weighted by molar-refractivity contribution is -0.383. The molecule has 1 unspecified atom stereocenters. The fourth-order valence-electron chi connectivity index (χ4n) is 1.87. The number of rotatable bonds is 5. The Morgan fingerprint density at radius 3 is 2.63 bits per heavy atom. The molecule has 19 heavy (non-hydrogen) atoms. The first-order chi connectivity index (χ1) is 8.88. The van der Waals surface area contributed by atoms with Crippen LogP contribution in [0.1, 0.15) is 37.0 Å². The van der Waals surface area contributed by atoms with Gasteiger partial charge in [0.05, 0.1) is 4.92 Å². The highest BCUT2D eigenvalue weighted by molar-refractivity contribution is 5.95. The monoisotopic (exact) mass is 265 g/mol. The molecule has 0 fully saturated rings. The van der Waals surface area contributed by atoms with Crippen molar-refractivity contribution in [3.05, 3.63) is 33.9 Å². The first-order valence-corrected chi connectivity index (χ1v) is 6.19. The Balaban J connectivity index is 2.95. The Morgan fingerprint density at radius 1 is 1.53 bits per heavy atom. The van der Waals surface area contributed by atoms with Gasteiger partial charge in [0.15, 0.2) is 0 Å². The van der Waals surface area contributed by atoms with Crippen LogP contribution in [0, 0.1) is 10.1 Å². The predicted molar refractivity (Wildman–Crippen MR) is 74.0 cm³/mol. The van der Waals surface area contributed by atoms with E-state index in [0.717, 1.165) is 12.8 Å². The Hall–Kier alpha value is -2.11. The van der Waals surface area contributed by atoms with Crippen molar-refractivity contribution in [2.45, 2.75) is 32.7 Å². The highest BCUT2D eigenvalue weighted by Gasteiger charge is 2.19. The molecule has 6 heteroatoms. The fraction of sp³-hybridized carbons (Fsp3) is 0.462. The summed E-state index contributed by atoms with van der Waals surface area (Å²) in [5, 5.41) is 10.7. The third-order valence-corrected chi connectivity index (χ3v) is 3.16. The molecule has 6 nitrogen and oxygen atoms in total. The molecule has 0 saturated heterocycles. The van der Waals surface area contributed by atoms with E-state index in [9.17, 15) is 14.9 Å². The molecule has 0 aliphatic rings. The lowest BCUT2D eigenvalue weighted by Gasteiger charge is -2.24. The summed E-state index contributed by atoms with van der Waals surface area (Å²) in [4.78, 5) is 23.9. The lowest BCUT2D eigenvalue weighted by atomic mass is 10.1. The summed E-state index contributed by atoms with van der Waals surface area (Å²) >= 11 is 0. The van der Waals surface area contributed by atoms with Gasteiger partial charge in [-0.3, -0.25) is 14.9 Å². The number of nitrogen functional groups attached to an aromatic ring is 1. The van der Waals surface area contributed by atoms with Crippen molar-refractivity contribution < 1.29 is 9.72 Å². The van der Waals surface area contributed by atoms with E-state index in [2.05, 4.69) is 6.92 Å². The number of carbonyl (C=O) groups excluding carboxylic acids is 1. The maximum atomic E-state index is 12.2. The van der Waals surface area contributed by atoms with E-state index in [4.69, 9.17) is 5.73 Å². The minimum absolute atomic E-state index is 0.00685. The third kappa shape index (κ3) is 3.43. The van der Waals surface area contributed by atoms with Gasteiger partial charge in [-0.15, -0.1) is 0 Å². The molecule has 1 rings (SSSR count). The maximum absolute atomic E-state index is 12.2. The van der Waals surface area contributed by atoms with Crippen LogP contribution in [0.2, 0.25) is 0 Å². The predicted octanol–water partition coefficient (Wildman–Crippen LogP) is 2.44. The lowest BCUT2D eigenvalue weighted by Crippen LogP contribution is -2.35. The zero-order chi connectivity index (χ0) is 14.6. The van der Waals surface area contributed by atoms with Crippen molar-refractivity contribution in [1.29, 1.82) is 0 Å². The van der Waals surface area contributed by atoms with Crippen LogP contribution in [0.4, 0.5) is 11.4 Å². The van der Waals surface area contributed by atoms with Crippen molar-refractivity contribution in [2.24, 2.45) is 0 Å². The number of nitro groups is 1. The van der Waals surface area contributed by atoms with Crippen LogP contribution in [0.5, 0.6) is 0 Å². The van der Waals surface area contributed by atoms with Crippen molar-refractivity contribution in [2.75, 3.05) is 12.8 Å². The molecule has 0 aromatic heterocycles. The molecule has 2 N–H and O–H groups in total. The SMILES string of the molecule is CCCC(C)N(C)C(=O)c1ccc([N+](=O)[O-])c(N)c1. The standard InChI is InChI=1S/C13H19N3O3/c1-4-5-9(2)15(3)13(17)10-6-7-12(16(18)19)11(14)8-10/h6-9H,4-5,14H2,1-3H3. The topological polar surface area (TPSA) is 89.5 Å². The molecule has 0 aliphatic heterocycles. The Morgan fingerprint density at radius 2 is 2.16 bits per heavy atom. The average Bonchev–Trinajstić information content (AvgIpc) is 2.36. The van der Waals surface area contributed by atoms with Crippen LogP contribution in [-0.2, 0) is 0 Å². The van der Waals surface area contributed by atoms with Gasteiger partial charge >= 0.3 is 0 Å². The van der Waals surface area contributed by atoms with Crippen molar-refractivity contribution in [3.8, 4) is 0 Å². The van der Waals surface area contributed by atoms with E-state index >= 15 is 0 Å². The van der Waals surface area contributed by atoms with E-state index in [1.54, 1.807) is 11.9 Å². The van der Waals surface area contributed by atoms with Crippen LogP contribution in [0.25, 0.3) is 0 Å². The van der Waals surface area contributed by atoms with E-state index in [1.165, 1.54) is 18.2 Å². The molecular formula is C13H19N3O3. The van der Waals surface area contributed by atoms with Crippen LogP contribution in [0.3, 0.4) is 0 Å². The van der Waals surface area contributed by atoms with Gasteiger partial charge in [0, 0.05) is 24.7 Å². The van der Waals surface area contributed by atoms with Gasteiger partial charge in [-0.05, 0) is 25.5 Å². The normalized spacial score (nSPS) is 11.9. The molecule has 104 valence electrons. The molecule has 1 aromatic rings. The number of amides is 1. The minimum atomic E-state index is -0.562. The Labute approximate surface area is 112 Å². The number of nitrogens with two attached hydrogens (primary N) is 1. The molecule has 0 aliphatic carbocycles. The summed E-state index contributed by atoms with van der Waals surface area (Å²) in [6, 6.07) is 4.18. The zero-order valence-corrected chi connectivity index (χ0v) is 11.4. The summed E-state index contributed by atoms with van der Waals surface area (Å²) in [6.07, 6.45) is 1.89. The first kappa shape index (κ1) is 14.9. The summed E-state index contributed by atoms with van der Waals surface area (Å²) in [6.45, 7) is 4.02. The van der Waals surface area contributed by atoms with Crippen molar-refractivity contribution in [3.63, 3.8) is 0 Å². The molecule has 1 amide bonds. The van der Waals surface area contributed by atoms with Crippen LogP contribution >= 0.6 is 0 Å². The highest BCUT2D eigenvalue weighted by atomic mass is 16.6. The van der Waals surface area contributed by atoms with Crippen molar-refractivity contribution >= 4 is 17.3 Å². The second-order valence-electron chi connectivity index (χ2n) is 4.58. The van der Waals surface area contributed by atoms with E-state index < -0.39 is 4.92 Å². The molecule has 0 saturated carbocycles. The number of hydrogen-bond acceptors (Lipinski definition) is 4. The number of nitro benzene ring substituents is 1. The summed E-state index contributed by atoms with van der Waals surface area (Å²) in [7, 11) is 1.72. The second kappa shape index (κ2) is 6.17. The highest BCUT2D eigenvalue weighted by Crippen LogP contribution is 2.23. The smallest absolute Gasteiger partial charge is 0.292 e. The van der Waals surface area contributed by atoms with Gasteiger partial charge in [0.25, 0.3) is 11.6 Å². The summed E-state index contributed by atoms with van der Waals surface area (Å²) < 4.78 is 0. The van der Waals surface area contributed by atoms with Crippen LogP contribution < -0.4 is 5.73 Å². The van der Waals surface area contributed by atoms with Gasteiger partial charge in [-0.2, -0.15) is 0 Å². The van der Waals surface area contributed by atoms with Gasteiger partial charge in [-0.25, -0.2) is 0 Å². The Kier molecular flexibility index (Phi) is 4.86. The molecule has 0 bridgehead atoms. The molecule has 1 atom stereocenters. The summed E-state index contributed by atoms with van der Waals surface area (Å²) in [5.74, 6) is -0.178. The van der Waals surface area contributed by atoms with Gasteiger partial charge < -0.3 is 10.6 Å².